The average molecular weight is 157 g/mol. The number of nitrogens with zero attached hydrogens (tertiary/aromatic N) is 1. The number of benzene rings is 1. The Labute approximate surface area is 62.9 Å². The highest BCUT2D eigenvalue weighted by molar-refractivity contribution is 6.31. The molecule has 0 radical (unpaired) electrons. The van der Waals surface area contributed by atoms with Crippen molar-refractivity contribution in [2.24, 2.45) is 0 Å². The summed E-state index contributed by atoms with van der Waals surface area (Å²) in [6, 6.07) is 4.02. The summed E-state index contributed by atoms with van der Waals surface area (Å²) in [5.74, 6) is -0.464. The highest BCUT2D eigenvalue weighted by atomic mass is 35.5. The molecule has 0 aliphatic carbocycles. The molecule has 0 aliphatic rings. The molecule has 0 saturated carbocycles. The van der Waals surface area contributed by atoms with E-state index < -0.39 is 5.82 Å². The predicted octanol–water partition coefficient (Wildman–Crippen LogP) is 3.07. The molecule has 0 N–H and O–H groups in total. The zero-order valence-corrected chi connectivity index (χ0v) is 5.77. The van der Waals surface area contributed by atoms with Crippen LogP contribution in [0.25, 0.3) is 4.85 Å². The first-order valence-electron chi connectivity index (χ1n) is 2.60. The van der Waals surface area contributed by atoms with E-state index in [9.17, 15) is 4.39 Å². The Hall–Kier alpha value is -1.07. The van der Waals surface area contributed by atoms with E-state index in [4.69, 9.17) is 18.2 Å². The lowest BCUT2D eigenvalue weighted by Gasteiger charge is -1.86. The van der Waals surface area contributed by atoms with Crippen LogP contribution in [-0.2, 0) is 0 Å². The molecule has 0 spiro atoms. The quantitative estimate of drug-likeness (QED) is 0.544. The zero-order valence-electron chi connectivity index (χ0n) is 5.01. The molecular formula is C7H4ClFN+. The molecule has 10 heavy (non-hydrogen) atoms. The second-order valence-electron chi connectivity index (χ2n) is 1.73. The molecule has 0 aliphatic heterocycles. The van der Waals surface area contributed by atoms with Gasteiger partial charge in [-0.3, -0.25) is 0 Å². The van der Waals surface area contributed by atoms with Crippen molar-refractivity contribution < 1.29 is 4.39 Å². The molecular weight excluding hydrogens is 153 g/mol. The minimum Gasteiger partial charge on any atom is -0.205 e. The van der Waals surface area contributed by atoms with Crippen molar-refractivity contribution in [3.05, 3.63) is 33.9 Å². The van der Waals surface area contributed by atoms with Crippen molar-refractivity contribution >= 4 is 17.3 Å². The number of hydrogen-bond acceptors (Lipinski definition) is 0. The van der Waals surface area contributed by atoms with Crippen LogP contribution in [-0.4, -0.2) is 0 Å². The van der Waals surface area contributed by atoms with Crippen molar-refractivity contribution in [3.63, 3.8) is 0 Å². The van der Waals surface area contributed by atoms with Crippen LogP contribution in [0.3, 0.4) is 0 Å². The third-order valence-corrected chi connectivity index (χ3v) is 1.34. The second kappa shape index (κ2) is 2.68. The first kappa shape index (κ1) is 7.04. The van der Waals surface area contributed by atoms with Crippen molar-refractivity contribution in [1.82, 2.24) is 0 Å². The summed E-state index contributed by atoms with van der Waals surface area (Å²) in [7, 11) is 0. The van der Waals surface area contributed by atoms with Gasteiger partial charge in [-0.25, -0.2) is 4.39 Å². The Morgan fingerprint density at radius 3 is 2.70 bits per heavy atom. The molecule has 0 heterocycles. The maximum absolute atomic E-state index is 12.4. The van der Waals surface area contributed by atoms with Crippen LogP contribution in [0.1, 0.15) is 0 Å². The van der Waals surface area contributed by atoms with Gasteiger partial charge in [0.1, 0.15) is 5.82 Å². The summed E-state index contributed by atoms with van der Waals surface area (Å²) < 4.78 is 12.4. The van der Waals surface area contributed by atoms with Gasteiger partial charge in [-0.1, -0.05) is 11.6 Å². The first-order valence-corrected chi connectivity index (χ1v) is 2.98. The van der Waals surface area contributed by atoms with Gasteiger partial charge in [0.05, 0.1) is 11.1 Å². The molecule has 1 aromatic rings. The SMILES string of the molecule is C#[N+]c1ccc(F)c(Cl)c1. The predicted molar refractivity (Wildman–Crippen MR) is 39.4 cm³/mol. The molecule has 50 valence electrons. The summed E-state index contributed by atoms with van der Waals surface area (Å²) in [5.41, 5.74) is 0.464. The van der Waals surface area contributed by atoms with Gasteiger partial charge in [-0.15, -0.1) is 0 Å². The highest BCUT2D eigenvalue weighted by Gasteiger charge is 2.04. The summed E-state index contributed by atoms with van der Waals surface area (Å²) >= 11 is 5.40. The molecule has 3 heteroatoms. The van der Waals surface area contributed by atoms with Crippen LogP contribution < -0.4 is 0 Å². The number of rotatable bonds is 0. The van der Waals surface area contributed by atoms with Gasteiger partial charge < -0.3 is 0 Å². The largest absolute Gasteiger partial charge is 0.341 e. The molecule has 0 fully saturated rings. The average Bonchev–Trinajstić information content (AvgIpc) is 1.95. The van der Waals surface area contributed by atoms with Crippen LogP contribution in [0, 0.1) is 12.4 Å². The van der Waals surface area contributed by atoms with Crippen LogP contribution in [0.5, 0.6) is 0 Å². The fourth-order valence-electron chi connectivity index (χ4n) is 0.565. The monoisotopic (exact) mass is 156 g/mol. The lowest BCUT2D eigenvalue weighted by molar-refractivity contribution is 0.628. The fraction of sp³-hybridized carbons (Fsp3) is 0. The standard InChI is InChI=1S/C7H4ClFN/c1-10-5-2-3-7(9)6(8)4-5/h1-4H/q+1. The smallest absolute Gasteiger partial charge is 0.205 e. The fourth-order valence-corrected chi connectivity index (χ4v) is 0.740. The van der Waals surface area contributed by atoms with E-state index >= 15 is 0 Å². The third kappa shape index (κ3) is 1.26. The Balaban J connectivity index is 3.20. The molecule has 0 saturated heterocycles. The second-order valence-corrected chi connectivity index (χ2v) is 2.13. The van der Waals surface area contributed by atoms with Gasteiger partial charge in [0, 0.05) is 6.07 Å². The van der Waals surface area contributed by atoms with E-state index in [0.29, 0.717) is 5.69 Å². The maximum Gasteiger partial charge on any atom is 0.341 e. The van der Waals surface area contributed by atoms with Crippen LogP contribution in [0.2, 0.25) is 5.02 Å². The van der Waals surface area contributed by atoms with Crippen molar-refractivity contribution in [3.8, 4) is 6.57 Å². The van der Waals surface area contributed by atoms with Crippen LogP contribution in [0.4, 0.5) is 10.1 Å². The molecule has 0 unspecified atom stereocenters. The van der Waals surface area contributed by atoms with Crippen molar-refractivity contribution in [2.45, 2.75) is 0 Å². The van der Waals surface area contributed by atoms with Crippen LogP contribution >= 0.6 is 11.6 Å². The van der Waals surface area contributed by atoms with Crippen molar-refractivity contribution in [1.29, 1.82) is 0 Å². The summed E-state index contributed by atoms with van der Waals surface area (Å²) in [5, 5.41) is 0.0340. The molecule has 0 atom stereocenters. The Morgan fingerprint density at radius 1 is 1.50 bits per heavy atom. The topological polar surface area (TPSA) is 4.36 Å². The van der Waals surface area contributed by atoms with E-state index in [2.05, 4.69) is 4.85 Å². The van der Waals surface area contributed by atoms with Gasteiger partial charge in [-0.05, 0) is 10.9 Å². The van der Waals surface area contributed by atoms with Gasteiger partial charge in [0.25, 0.3) is 6.57 Å². The van der Waals surface area contributed by atoms with E-state index in [-0.39, 0.29) is 5.02 Å². The Kier molecular flexibility index (Phi) is 1.88. The van der Waals surface area contributed by atoms with Gasteiger partial charge >= 0.3 is 5.69 Å². The zero-order chi connectivity index (χ0) is 7.56. The summed E-state index contributed by atoms with van der Waals surface area (Å²) in [6.07, 6.45) is 0. The van der Waals surface area contributed by atoms with E-state index in [1.54, 1.807) is 0 Å². The maximum atomic E-state index is 12.4. The molecule has 0 aromatic heterocycles. The van der Waals surface area contributed by atoms with Crippen LogP contribution in [0.15, 0.2) is 18.2 Å². The van der Waals surface area contributed by atoms with Gasteiger partial charge in [0.2, 0.25) is 0 Å². The van der Waals surface area contributed by atoms with E-state index in [0.717, 1.165) is 0 Å². The summed E-state index contributed by atoms with van der Waals surface area (Å²) in [6.45, 7) is 4.91. The molecule has 1 rings (SSSR count). The number of halogens is 2. The number of hydrogen-bond donors (Lipinski definition) is 0. The molecule has 0 bridgehead atoms. The van der Waals surface area contributed by atoms with Gasteiger partial charge in [-0.2, -0.15) is 0 Å². The normalized spacial score (nSPS) is 8.90. The Bertz CT molecular complexity index is 290. The minimum absolute atomic E-state index is 0.0340. The molecule has 1 nitrogen and oxygen atoms in total. The minimum atomic E-state index is -0.464. The first-order chi connectivity index (χ1) is 4.74. The lowest BCUT2D eigenvalue weighted by atomic mass is 10.3. The van der Waals surface area contributed by atoms with Crippen molar-refractivity contribution in [2.75, 3.05) is 0 Å². The van der Waals surface area contributed by atoms with E-state index in [1.807, 2.05) is 0 Å². The lowest BCUT2D eigenvalue weighted by Crippen LogP contribution is -1.72. The summed E-state index contributed by atoms with van der Waals surface area (Å²) in [4.78, 5) is 3.32. The Morgan fingerprint density at radius 2 is 2.20 bits per heavy atom. The highest BCUT2D eigenvalue weighted by Crippen LogP contribution is 2.20. The van der Waals surface area contributed by atoms with E-state index in [1.165, 1.54) is 18.2 Å². The molecule has 1 aromatic carbocycles. The molecule has 0 amide bonds. The van der Waals surface area contributed by atoms with Gasteiger partial charge in [0.15, 0.2) is 0 Å². The third-order valence-electron chi connectivity index (χ3n) is 1.05.